The fraction of sp³-hybridized carbons (Fsp3) is 0. The zero-order valence-corrected chi connectivity index (χ0v) is 7.06. The van der Waals surface area contributed by atoms with Crippen LogP contribution in [-0.2, 0) is 0 Å². The number of nitrogens with zero attached hydrogens (tertiary/aromatic N) is 1. The van der Waals surface area contributed by atoms with E-state index in [2.05, 4.69) is 4.98 Å². The molecule has 1 aliphatic carbocycles. The average Bonchev–Trinajstić information content (AvgIpc) is 2.23. The molecule has 1 aromatic heterocycles. The van der Waals surface area contributed by atoms with Gasteiger partial charge in [-0.05, 0) is 24.3 Å². The first kappa shape index (κ1) is 8.50. The minimum Gasteiger partial charge on any atom is -0.296 e. The summed E-state index contributed by atoms with van der Waals surface area (Å²) < 4.78 is 0. The number of allylic oxidation sites excluding steroid dienone is 2. The van der Waals surface area contributed by atoms with Gasteiger partial charge in [0.25, 0.3) is 0 Å². The normalized spacial score (nSPS) is 14.0. The summed E-state index contributed by atoms with van der Waals surface area (Å²) in [6.45, 7) is 0. The Morgan fingerprint density at radius 1 is 1.07 bits per heavy atom. The van der Waals surface area contributed by atoms with Gasteiger partial charge in [-0.3, -0.25) is 14.4 Å². The van der Waals surface area contributed by atoms with Crippen molar-refractivity contribution in [2.24, 2.45) is 0 Å². The van der Waals surface area contributed by atoms with Crippen molar-refractivity contribution < 1.29 is 14.4 Å². The number of rotatable bonds is 1. The molecule has 4 heteroatoms. The Hall–Kier alpha value is -2.10. The van der Waals surface area contributed by atoms with Crippen molar-refractivity contribution in [3.63, 3.8) is 0 Å². The lowest BCUT2D eigenvalue weighted by atomic mass is 10.00. The molecule has 0 aromatic carbocycles. The first-order valence-corrected chi connectivity index (χ1v) is 3.95. The number of ketones is 2. The molecular formula is C10H5NO3. The van der Waals surface area contributed by atoms with Crippen LogP contribution in [0.15, 0.2) is 24.3 Å². The van der Waals surface area contributed by atoms with E-state index in [-0.39, 0.29) is 28.5 Å². The van der Waals surface area contributed by atoms with Gasteiger partial charge in [-0.2, -0.15) is 0 Å². The molecule has 0 fully saturated rings. The van der Waals surface area contributed by atoms with E-state index in [9.17, 15) is 14.4 Å². The highest BCUT2D eigenvalue weighted by atomic mass is 16.1. The Morgan fingerprint density at radius 2 is 1.79 bits per heavy atom. The van der Waals surface area contributed by atoms with Gasteiger partial charge in [-0.25, -0.2) is 4.98 Å². The number of aldehydes is 1. The van der Waals surface area contributed by atoms with Crippen molar-refractivity contribution >= 4 is 17.9 Å². The molecule has 0 bridgehead atoms. The molecule has 2 rings (SSSR count). The smallest absolute Gasteiger partial charge is 0.205 e. The Balaban J connectivity index is 2.66. The van der Waals surface area contributed by atoms with E-state index >= 15 is 0 Å². The summed E-state index contributed by atoms with van der Waals surface area (Å²) in [5.41, 5.74) is 0.463. The molecule has 0 N–H and O–H groups in total. The number of pyridine rings is 1. The number of carbonyl (C=O) groups is 3. The lowest BCUT2D eigenvalue weighted by molar-refractivity contribution is 0.0989. The summed E-state index contributed by atoms with van der Waals surface area (Å²) in [6.07, 6.45) is 2.90. The third-order valence-corrected chi connectivity index (χ3v) is 1.92. The van der Waals surface area contributed by atoms with Gasteiger partial charge in [-0.15, -0.1) is 0 Å². The molecule has 0 radical (unpaired) electrons. The van der Waals surface area contributed by atoms with Crippen LogP contribution in [-0.4, -0.2) is 22.8 Å². The van der Waals surface area contributed by atoms with Crippen molar-refractivity contribution in [3.05, 3.63) is 41.2 Å². The summed E-state index contributed by atoms with van der Waals surface area (Å²) >= 11 is 0. The lowest BCUT2D eigenvalue weighted by Gasteiger charge is -2.07. The summed E-state index contributed by atoms with van der Waals surface area (Å²) in [5, 5.41) is 0. The van der Waals surface area contributed by atoms with Crippen molar-refractivity contribution in [1.29, 1.82) is 0 Å². The minimum absolute atomic E-state index is 0.0575. The second-order valence-electron chi connectivity index (χ2n) is 2.81. The van der Waals surface area contributed by atoms with Crippen LogP contribution in [0.1, 0.15) is 31.3 Å². The molecule has 1 aromatic rings. The molecule has 0 saturated heterocycles. The van der Waals surface area contributed by atoms with Crippen LogP contribution in [0.3, 0.4) is 0 Å². The second-order valence-corrected chi connectivity index (χ2v) is 2.81. The summed E-state index contributed by atoms with van der Waals surface area (Å²) in [7, 11) is 0. The quantitative estimate of drug-likeness (QED) is 0.611. The molecule has 0 saturated carbocycles. The van der Waals surface area contributed by atoms with E-state index < -0.39 is 0 Å². The van der Waals surface area contributed by atoms with Gasteiger partial charge in [0, 0.05) is 0 Å². The topological polar surface area (TPSA) is 64.1 Å². The predicted octanol–water partition coefficient (Wildman–Crippen LogP) is 0.829. The largest absolute Gasteiger partial charge is 0.296 e. The molecule has 68 valence electrons. The van der Waals surface area contributed by atoms with Crippen LogP contribution >= 0.6 is 0 Å². The SMILES string of the molecule is O=Cc1ccc2c(n1)C(=O)C=CC2=O. The Labute approximate surface area is 79.3 Å². The van der Waals surface area contributed by atoms with Crippen LogP contribution in [0, 0.1) is 0 Å². The summed E-state index contributed by atoms with van der Waals surface area (Å²) in [4.78, 5) is 36.7. The van der Waals surface area contributed by atoms with Crippen LogP contribution in [0.4, 0.5) is 0 Å². The highest BCUT2D eigenvalue weighted by molar-refractivity contribution is 6.21. The Bertz CT molecular complexity index is 474. The van der Waals surface area contributed by atoms with E-state index in [0.717, 1.165) is 6.08 Å². The van der Waals surface area contributed by atoms with Crippen molar-refractivity contribution in [1.82, 2.24) is 4.98 Å². The van der Waals surface area contributed by atoms with Crippen molar-refractivity contribution in [2.45, 2.75) is 0 Å². The summed E-state index contributed by atoms with van der Waals surface area (Å²) in [6, 6.07) is 2.85. The summed E-state index contributed by atoms with van der Waals surface area (Å²) in [5.74, 6) is -0.604. The zero-order chi connectivity index (χ0) is 10.1. The maximum Gasteiger partial charge on any atom is 0.205 e. The molecule has 4 nitrogen and oxygen atoms in total. The number of fused-ring (bicyclic) bond motifs is 1. The molecular weight excluding hydrogens is 182 g/mol. The van der Waals surface area contributed by atoms with E-state index in [1.165, 1.54) is 18.2 Å². The van der Waals surface area contributed by atoms with E-state index in [1.807, 2.05) is 0 Å². The second kappa shape index (κ2) is 2.99. The Kier molecular flexibility index (Phi) is 1.81. The van der Waals surface area contributed by atoms with Crippen molar-refractivity contribution in [2.75, 3.05) is 0 Å². The van der Waals surface area contributed by atoms with Gasteiger partial charge in [0.05, 0.1) is 5.56 Å². The molecule has 0 spiro atoms. The number of hydrogen-bond acceptors (Lipinski definition) is 4. The van der Waals surface area contributed by atoms with Gasteiger partial charge in [0.1, 0.15) is 11.4 Å². The van der Waals surface area contributed by atoms with Crippen LogP contribution in [0.5, 0.6) is 0 Å². The van der Waals surface area contributed by atoms with Crippen LogP contribution in [0.2, 0.25) is 0 Å². The molecule has 1 heterocycles. The predicted molar refractivity (Wildman–Crippen MR) is 47.4 cm³/mol. The number of aromatic nitrogens is 1. The minimum atomic E-state index is -0.344. The highest BCUT2D eigenvalue weighted by Gasteiger charge is 2.20. The third-order valence-electron chi connectivity index (χ3n) is 1.92. The molecule has 14 heavy (non-hydrogen) atoms. The standard InChI is InChI=1S/C10H5NO3/c12-5-6-1-2-7-8(13)3-4-9(14)10(7)11-6/h1-5H. The fourth-order valence-electron chi connectivity index (χ4n) is 1.25. The fourth-order valence-corrected chi connectivity index (χ4v) is 1.25. The first-order chi connectivity index (χ1) is 6.72. The number of carbonyl (C=O) groups excluding carboxylic acids is 3. The highest BCUT2D eigenvalue weighted by Crippen LogP contribution is 2.14. The maximum atomic E-state index is 11.3. The van der Waals surface area contributed by atoms with Gasteiger partial charge < -0.3 is 0 Å². The van der Waals surface area contributed by atoms with Crippen LogP contribution in [0.25, 0.3) is 0 Å². The number of hydrogen-bond donors (Lipinski definition) is 0. The lowest BCUT2D eigenvalue weighted by Crippen LogP contribution is -2.14. The first-order valence-electron chi connectivity index (χ1n) is 3.95. The monoisotopic (exact) mass is 187 g/mol. The third kappa shape index (κ3) is 1.17. The van der Waals surface area contributed by atoms with Crippen LogP contribution < -0.4 is 0 Å². The van der Waals surface area contributed by atoms with Crippen molar-refractivity contribution in [3.8, 4) is 0 Å². The van der Waals surface area contributed by atoms with E-state index in [4.69, 9.17) is 0 Å². The molecule has 1 aliphatic rings. The van der Waals surface area contributed by atoms with Gasteiger partial charge >= 0.3 is 0 Å². The van der Waals surface area contributed by atoms with E-state index in [1.54, 1.807) is 0 Å². The van der Waals surface area contributed by atoms with Gasteiger partial charge in [-0.1, -0.05) is 0 Å². The molecule has 0 atom stereocenters. The maximum absolute atomic E-state index is 11.3. The molecule has 0 amide bonds. The molecule has 0 aliphatic heterocycles. The van der Waals surface area contributed by atoms with Gasteiger partial charge in [0.2, 0.25) is 5.78 Å². The van der Waals surface area contributed by atoms with Gasteiger partial charge in [0.15, 0.2) is 12.1 Å². The molecule has 0 unspecified atom stereocenters. The zero-order valence-electron chi connectivity index (χ0n) is 7.06. The van der Waals surface area contributed by atoms with E-state index in [0.29, 0.717) is 6.29 Å². The average molecular weight is 187 g/mol. The Morgan fingerprint density at radius 3 is 2.50 bits per heavy atom.